The highest BCUT2D eigenvalue weighted by Gasteiger charge is 2.26. The molecule has 0 bridgehead atoms. The third-order valence-electron chi connectivity index (χ3n) is 3.32. The summed E-state index contributed by atoms with van der Waals surface area (Å²) in [6.07, 6.45) is 0.0705. The Bertz CT molecular complexity index is 439. The van der Waals surface area contributed by atoms with Crippen molar-refractivity contribution in [1.82, 2.24) is 5.43 Å². The van der Waals surface area contributed by atoms with E-state index in [2.05, 4.69) is 5.43 Å². The number of hydrogen-bond donors (Lipinski definition) is 2. The zero-order valence-electron chi connectivity index (χ0n) is 12.6. The highest BCUT2D eigenvalue weighted by molar-refractivity contribution is 7.99. The smallest absolute Gasteiger partial charge is 0.161 e. The highest BCUT2D eigenvalue weighted by Crippen LogP contribution is 2.33. The van der Waals surface area contributed by atoms with E-state index in [0.717, 1.165) is 35.2 Å². The van der Waals surface area contributed by atoms with Crippen LogP contribution in [0.2, 0.25) is 0 Å². The number of hydrazine groups is 1. The largest absolute Gasteiger partial charge is 0.490 e. The zero-order chi connectivity index (χ0) is 15.1. The van der Waals surface area contributed by atoms with Gasteiger partial charge in [0.1, 0.15) is 0 Å². The first-order valence-electron chi connectivity index (χ1n) is 7.35. The molecule has 1 aromatic carbocycles. The molecule has 118 valence electrons. The van der Waals surface area contributed by atoms with Crippen LogP contribution in [0.15, 0.2) is 18.2 Å². The maximum Gasteiger partial charge on any atom is 0.161 e. The minimum absolute atomic E-state index is 0.0484. The van der Waals surface area contributed by atoms with Crippen LogP contribution in [0.4, 0.5) is 0 Å². The molecule has 1 fully saturated rings. The van der Waals surface area contributed by atoms with E-state index in [-0.39, 0.29) is 12.1 Å². The summed E-state index contributed by atoms with van der Waals surface area (Å²) in [5.41, 5.74) is 3.93. The Kier molecular flexibility index (Phi) is 6.63. The molecule has 6 heteroatoms. The fraction of sp³-hybridized carbons (Fsp3) is 0.600. The molecule has 1 heterocycles. The molecule has 21 heavy (non-hydrogen) atoms. The van der Waals surface area contributed by atoms with Crippen LogP contribution in [-0.2, 0) is 4.74 Å². The van der Waals surface area contributed by atoms with Crippen LogP contribution in [0.3, 0.4) is 0 Å². The third-order valence-corrected chi connectivity index (χ3v) is 4.34. The molecule has 0 spiro atoms. The summed E-state index contributed by atoms with van der Waals surface area (Å²) in [6.45, 7) is 5.90. The topological polar surface area (TPSA) is 65.7 Å². The van der Waals surface area contributed by atoms with Crippen LogP contribution in [0.1, 0.15) is 25.5 Å². The maximum absolute atomic E-state index is 5.83. The summed E-state index contributed by atoms with van der Waals surface area (Å²) in [5.74, 6) is 9.24. The lowest BCUT2D eigenvalue weighted by Crippen LogP contribution is -2.41. The van der Waals surface area contributed by atoms with Gasteiger partial charge < -0.3 is 14.2 Å². The van der Waals surface area contributed by atoms with E-state index in [1.807, 2.05) is 43.8 Å². The quantitative estimate of drug-likeness (QED) is 0.594. The van der Waals surface area contributed by atoms with Crippen LogP contribution in [0, 0.1) is 0 Å². The summed E-state index contributed by atoms with van der Waals surface area (Å²) in [6, 6.07) is 5.89. The molecule has 0 aromatic heterocycles. The Morgan fingerprint density at radius 2 is 2.10 bits per heavy atom. The van der Waals surface area contributed by atoms with Crippen LogP contribution in [0.25, 0.3) is 0 Å². The SMILES string of the molecule is CCOc1ccc(C(NN)C2CSCCO2)cc1OCC. The van der Waals surface area contributed by atoms with Crippen molar-refractivity contribution in [2.45, 2.75) is 26.0 Å². The summed E-state index contributed by atoms with van der Waals surface area (Å²) in [5, 5.41) is 0. The molecule has 0 amide bonds. The molecule has 5 nitrogen and oxygen atoms in total. The summed E-state index contributed by atoms with van der Waals surface area (Å²) >= 11 is 1.89. The first-order valence-corrected chi connectivity index (χ1v) is 8.50. The first kappa shape index (κ1) is 16.4. The molecule has 0 radical (unpaired) electrons. The molecule has 1 aliphatic rings. The van der Waals surface area contributed by atoms with E-state index in [4.69, 9.17) is 20.1 Å². The van der Waals surface area contributed by atoms with Gasteiger partial charge in [0, 0.05) is 11.5 Å². The van der Waals surface area contributed by atoms with Crippen molar-refractivity contribution in [3.8, 4) is 11.5 Å². The Morgan fingerprint density at radius 3 is 2.71 bits per heavy atom. The Labute approximate surface area is 130 Å². The van der Waals surface area contributed by atoms with Crippen LogP contribution < -0.4 is 20.7 Å². The molecular weight excluding hydrogens is 288 g/mol. The normalized spacial score (nSPS) is 20.0. The summed E-state index contributed by atoms with van der Waals surface area (Å²) < 4.78 is 17.1. The molecule has 1 aliphatic heterocycles. The van der Waals surface area contributed by atoms with Crippen molar-refractivity contribution in [3.63, 3.8) is 0 Å². The van der Waals surface area contributed by atoms with Gasteiger partial charge in [-0.2, -0.15) is 11.8 Å². The van der Waals surface area contributed by atoms with E-state index in [0.29, 0.717) is 13.2 Å². The lowest BCUT2D eigenvalue weighted by molar-refractivity contribution is 0.0467. The number of benzene rings is 1. The average molecular weight is 312 g/mol. The summed E-state index contributed by atoms with van der Waals surface area (Å²) in [7, 11) is 0. The predicted molar refractivity (Wildman–Crippen MR) is 85.9 cm³/mol. The van der Waals surface area contributed by atoms with Crippen molar-refractivity contribution in [1.29, 1.82) is 0 Å². The Morgan fingerprint density at radius 1 is 1.33 bits per heavy atom. The number of nitrogens with two attached hydrogens (primary N) is 1. The van der Waals surface area contributed by atoms with E-state index < -0.39 is 0 Å². The highest BCUT2D eigenvalue weighted by atomic mass is 32.2. The lowest BCUT2D eigenvalue weighted by Gasteiger charge is -2.30. The monoisotopic (exact) mass is 312 g/mol. The standard InChI is InChI=1S/C15H24N2O3S/c1-3-18-12-6-5-11(9-13(12)19-4-2)15(17-16)14-10-21-8-7-20-14/h5-6,9,14-15,17H,3-4,7-8,10,16H2,1-2H3. The van der Waals surface area contributed by atoms with E-state index in [1.165, 1.54) is 0 Å². The molecular formula is C15H24N2O3S. The molecule has 1 aromatic rings. The molecule has 2 atom stereocenters. The first-order chi connectivity index (χ1) is 10.3. The van der Waals surface area contributed by atoms with Crippen LogP contribution >= 0.6 is 11.8 Å². The van der Waals surface area contributed by atoms with Gasteiger partial charge in [-0.25, -0.2) is 0 Å². The predicted octanol–water partition coefficient (Wildman–Crippen LogP) is 2.12. The number of thioether (sulfide) groups is 1. The van der Waals surface area contributed by atoms with Gasteiger partial charge in [0.05, 0.1) is 32.0 Å². The van der Waals surface area contributed by atoms with Crippen LogP contribution in [-0.4, -0.2) is 37.4 Å². The van der Waals surface area contributed by atoms with Crippen molar-refractivity contribution >= 4 is 11.8 Å². The molecule has 0 saturated carbocycles. The van der Waals surface area contributed by atoms with Gasteiger partial charge in [-0.3, -0.25) is 11.3 Å². The fourth-order valence-corrected chi connectivity index (χ4v) is 3.28. The van der Waals surface area contributed by atoms with E-state index in [1.54, 1.807) is 0 Å². The molecule has 0 aliphatic carbocycles. The van der Waals surface area contributed by atoms with Crippen molar-refractivity contribution in [2.24, 2.45) is 5.84 Å². The second kappa shape index (κ2) is 8.48. The minimum Gasteiger partial charge on any atom is -0.490 e. The van der Waals surface area contributed by atoms with Gasteiger partial charge in [0.2, 0.25) is 0 Å². The Hall–Kier alpha value is -0.950. The zero-order valence-corrected chi connectivity index (χ0v) is 13.4. The van der Waals surface area contributed by atoms with Crippen molar-refractivity contribution in [2.75, 3.05) is 31.3 Å². The maximum atomic E-state index is 5.83. The van der Waals surface area contributed by atoms with E-state index >= 15 is 0 Å². The minimum atomic E-state index is -0.0484. The number of nitrogens with one attached hydrogen (secondary N) is 1. The second-order valence-corrected chi connectivity index (χ2v) is 5.85. The molecule has 1 saturated heterocycles. The van der Waals surface area contributed by atoms with Gasteiger partial charge in [-0.05, 0) is 31.5 Å². The number of rotatable bonds is 7. The van der Waals surface area contributed by atoms with Gasteiger partial charge in [-0.15, -0.1) is 0 Å². The van der Waals surface area contributed by atoms with Crippen molar-refractivity contribution < 1.29 is 14.2 Å². The Balaban J connectivity index is 2.21. The number of ether oxygens (including phenoxy) is 3. The van der Waals surface area contributed by atoms with Gasteiger partial charge in [0.25, 0.3) is 0 Å². The van der Waals surface area contributed by atoms with Crippen molar-refractivity contribution in [3.05, 3.63) is 23.8 Å². The van der Waals surface area contributed by atoms with Crippen LogP contribution in [0.5, 0.6) is 11.5 Å². The summed E-state index contributed by atoms with van der Waals surface area (Å²) in [4.78, 5) is 0. The van der Waals surface area contributed by atoms with Gasteiger partial charge >= 0.3 is 0 Å². The molecule has 2 rings (SSSR count). The molecule has 2 unspecified atom stereocenters. The fourth-order valence-electron chi connectivity index (χ4n) is 2.38. The lowest BCUT2D eigenvalue weighted by atomic mass is 10.0. The van der Waals surface area contributed by atoms with Gasteiger partial charge in [-0.1, -0.05) is 6.07 Å². The third kappa shape index (κ3) is 4.26. The number of hydrogen-bond acceptors (Lipinski definition) is 6. The van der Waals surface area contributed by atoms with E-state index in [9.17, 15) is 0 Å². The second-order valence-electron chi connectivity index (χ2n) is 4.70. The molecule has 3 N–H and O–H groups in total. The average Bonchev–Trinajstić information content (AvgIpc) is 2.52. The van der Waals surface area contributed by atoms with Gasteiger partial charge in [0.15, 0.2) is 11.5 Å².